The van der Waals surface area contributed by atoms with Crippen molar-refractivity contribution >= 4 is 29.1 Å². The maximum Gasteiger partial charge on any atom is 0.249 e. The first kappa shape index (κ1) is 21.6. The number of nitrogens with one attached hydrogen (secondary N) is 1. The zero-order valence-electron chi connectivity index (χ0n) is 15.7. The Morgan fingerprint density at radius 3 is 2.74 bits per heavy atom. The van der Waals surface area contributed by atoms with Crippen LogP contribution in [0.4, 0.5) is 0 Å². The SMILES string of the molecule is CC(OCC1CCCCO1)C(=O)NC(CN)c1ccc2ccccc2c1.Cl. The van der Waals surface area contributed by atoms with Gasteiger partial charge in [0.2, 0.25) is 5.91 Å². The van der Waals surface area contributed by atoms with Crippen LogP contribution in [-0.4, -0.2) is 37.9 Å². The van der Waals surface area contributed by atoms with E-state index in [2.05, 4.69) is 29.6 Å². The molecule has 0 bridgehead atoms. The summed E-state index contributed by atoms with van der Waals surface area (Å²) in [5.74, 6) is -0.149. The minimum Gasteiger partial charge on any atom is -0.376 e. The molecule has 2 aromatic rings. The fourth-order valence-corrected chi connectivity index (χ4v) is 3.26. The topological polar surface area (TPSA) is 73.6 Å². The van der Waals surface area contributed by atoms with Crippen molar-refractivity contribution in [2.45, 2.75) is 44.4 Å². The van der Waals surface area contributed by atoms with Crippen LogP contribution in [0.1, 0.15) is 37.8 Å². The molecule has 1 heterocycles. The average Bonchev–Trinajstić information content (AvgIpc) is 2.70. The molecule has 3 N–H and O–H groups in total. The molecule has 27 heavy (non-hydrogen) atoms. The van der Waals surface area contributed by atoms with Gasteiger partial charge in [-0.05, 0) is 48.6 Å². The minimum atomic E-state index is -0.532. The Bertz CT molecular complexity index is 734. The fourth-order valence-electron chi connectivity index (χ4n) is 3.26. The van der Waals surface area contributed by atoms with Crippen LogP contribution in [0.2, 0.25) is 0 Å². The number of hydrogen-bond donors (Lipinski definition) is 2. The van der Waals surface area contributed by atoms with Gasteiger partial charge >= 0.3 is 0 Å². The Kier molecular flexibility index (Phi) is 8.51. The zero-order chi connectivity index (χ0) is 18.4. The van der Waals surface area contributed by atoms with Gasteiger partial charge in [-0.3, -0.25) is 4.79 Å². The van der Waals surface area contributed by atoms with Gasteiger partial charge in [0.15, 0.2) is 0 Å². The highest BCUT2D eigenvalue weighted by molar-refractivity contribution is 5.85. The molecule has 148 valence electrons. The first-order valence-corrected chi connectivity index (χ1v) is 9.39. The molecule has 0 saturated carbocycles. The molecule has 3 rings (SSSR count). The summed E-state index contributed by atoms with van der Waals surface area (Å²) in [5.41, 5.74) is 6.91. The van der Waals surface area contributed by atoms with Crippen molar-refractivity contribution < 1.29 is 14.3 Å². The van der Waals surface area contributed by atoms with Gasteiger partial charge in [-0.25, -0.2) is 0 Å². The summed E-state index contributed by atoms with van der Waals surface area (Å²) >= 11 is 0. The summed E-state index contributed by atoms with van der Waals surface area (Å²) in [6, 6.07) is 14.1. The van der Waals surface area contributed by atoms with Crippen molar-refractivity contribution in [1.29, 1.82) is 0 Å². The largest absolute Gasteiger partial charge is 0.376 e. The number of rotatable bonds is 7. The van der Waals surface area contributed by atoms with Crippen molar-refractivity contribution in [2.75, 3.05) is 19.8 Å². The predicted molar refractivity (Wildman–Crippen MR) is 110 cm³/mol. The molecule has 1 aliphatic rings. The normalized spacial score (nSPS) is 19.1. The average molecular weight is 393 g/mol. The summed E-state index contributed by atoms with van der Waals surface area (Å²) < 4.78 is 11.4. The smallest absolute Gasteiger partial charge is 0.249 e. The second-order valence-corrected chi connectivity index (χ2v) is 6.87. The Morgan fingerprint density at radius 1 is 1.26 bits per heavy atom. The Labute approximate surface area is 167 Å². The highest BCUT2D eigenvalue weighted by Gasteiger charge is 2.21. The van der Waals surface area contributed by atoms with E-state index in [1.54, 1.807) is 6.92 Å². The second kappa shape index (κ2) is 10.6. The molecule has 3 unspecified atom stereocenters. The number of amides is 1. The summed E-state index contributed by atoms with van der Waals surface area (Å²) in [5, 5.41) is 5.31. The van der Waals surface area contributed by atoms with Crippen LogP contribution in [0.5, 0.6) is 0 Å². The molecule has 0 aromatic heterocycles. The molecule has 1 saturated heterocycles. The molecular weight excluding hydrogens is 364 g/mol. The van der Waals surface area contributed by atoms with E-state index in [1.807, 2.05) is 18.2 Å². The number of carbonyl (C=O) groups excluding carboxylic acids is 1. The van der Waals surface area contributed by atoms with Gasteiger partial charge in [0.1, 0.15) is 6.10 Å². The predicted octanol–water partition coefficient (Wildman–Crippen LogP) is 3.35. The van der Waals surface area contributed by atoms with Crippen molar-refractivity contribution in [1.82, 2.24) is 5.32 Å². The Hall–Kier alpha value is -1.66. The number of halogens is 1. The van der Waals surface area contributed by atoms with Crippen LogP contribution < -0.4 is 11.1 Å². The van der Waals surface area contributed by atoms with Crippen molar-refractivity contribution in [3.63, 3.8) is 0 Å². The molecule has 0 aliphatic carbocycles. The zero-order valence-corrected chi connectivity index (χ0v) is 16.5. The first-order chi connectivity index (χ1) is 12.7. The van der Waals surface area contributed by atoms with Crippen LogP contribution in [0.25, 0.3) is 10.8 Å². The van der Waals surface area contributed by atoms with E-state index in [4.69, 9.17) is 15.2 Å². The van der Waals surface area contributed by atoms with E-state index in [-0.39, 0.29) is 30.5 Å². The van der Waals surface area contributed by atoms with E-state index < -0.39 is 6.10 Å². The van der Waals surface area contributed by atoms with Gasteiger partial charge in [-0.2, -0.15) is 0 Å². The number of benzene rings is 2. The Morgan fingerprint density at radius 2 is 2.04 bits per heavy atom. The summed E-state index contributed by atoms with van der Waals surface area (Å²) in [6.07, 6.45) is 2.83. The van der Waals surface area contributed by atoms with Crippen LogP contribution in [0.15, 0.2) is 42.5 Å². The number of ether oxygens (including phenoxy) is 2. The van der Waals surface area contributed by atoms with Gasteiger partial charge in [-0.15, -0.1) is 12.4 Å². The first-order valence-electron chi connectivity index (χ1n) is 9.39. The Balaban J connectivity index is 0.00000261. The van der Waals surface area contributed by atoms with E-state index >= 15 is 0 Å². The molecule has 3 atom stereocenters. The standard InChI is InChI=1S/C21H28N2O3.ClH/c1-15(26-14-19-8-4-5-11-25-19)21(24)23-20(13-22)18-10-9-16-6-2-3-7-17(16)12-18;/h2-3,6-7,9-10,12,15,19-20H,4-5,8,11,13-14,22H2,1H3,(H,23,24);1H. The molecule has 0 radical (unpaired) electrons. The third-order valence-electron chi connectivity index (χ3n) is 4.90. The van der Waals surface area contributed by atoms with Crippen molar-refractivity contribution in [3.05, 3.63) is 48.0 Å². The van der Waals surface area contributed by atoms with E-state index in [9.17, 15) is 4.79 Å². The third kappa shape index (κ3) is 5.91. The van der Waals surface area contributed by atoms with Crippen molar-refractivity contribution in [2.24, 2.45) is 5.73 Å². The van der Waals surface area contributed by atoms with E-state index in [0.717, 1.165) is 36.8 Å². The van der Waals surface area contributed by atoms with Crippen LogP contribution in [0, 0.1) is 0 Å². The maximum atomic E-state index is 12.5. The van der Waals surface area contributed by atoms with Crippen LogP contribution in [0.3, 0.4) is 0 Å². The number of nitrogens with two attached hydrogens (primary N) is 1. The van der Waals surface area contributed by atoms with Crippen LogP contribution in [-0.2, 0) is 14.3 Å². The van der Waals surface area contributed by atoms with E-state index in [1.165, 1.54) is 5.39 Å². The monoisotopic (exact) mass is 392 g/mol. The number of carbonyl (C=O) groups is 1. The van der Waals surface area contributed by atoms with Gasteiger partial charge < -0.3 is 20.5 Å². The molecule has 5 nitrogen and oxygen atoms in total. The number of hydrogen-bond acceptors (Lipinski definition) is 4. The summed E-state index contributed by atoms with van der Waals surface area (Å²) in [6.45, 7) is 3.35. The fraction of sp³-hybridized carbons (Fsp3) is 0.476. The third-order valence-corrected chi connectivity index (χ3v) is 4.90. The molecule has 1 amide bonds. The highest BCUT2D eigenvalue weighted by atomic mass is 35.5. The molecule has 6 heteroatoms. The van der Waals surface area contributed by atoms with Crippen molar-refractivity contribution in [3.8, 4) is 0 Å². The summed E-state index contributed by atoms with van der Waals surface area (Å²) in [7, 11) is 0. The maximum absolute atomic E-state index is 12.5. The van der Waals surface area contributed by atoms with Crippen LogP contribution >= 0.6 is 12.4 Å². The summed E-state index contributed by atoms with van der Waals surface area (Å²) in [4.78, 5) is 12.5. The lowest BCUT2D eigenvalue weighted by Gasteiger charge is -2.25. The molecule has 1 aliphatic heterocycles. The lowest BCUT2D eigenvalue weighted by atomic mass is 10.0. The lowest BCUT2D eigenvalue weighted by Crippen LogP contribution is -2.41. The van der Waals surface area contributed by atoms with Gasteiger partial charge in [0.05, 0.1) is 18.8 Å². The van der Waals surface area contributed by atoms with Gasteiger partial charge in [0, 0.05) is 13.2 Å². The van der Waals surface area contributed by atoms with E-state index in [0.29, 0.717) is 13.2 Å². The van der Waals surface area contributed by atoms with Gasteiger partial charge in [0.25, 0.3) is 0 Å². The lowest BCUT2D eigenvalue weighted by molar-refractivity contribution is -0.136. The minimum absolute atomic E-state index is 0. The highest BCUT2D eigenvalue weighted by Crippen LogP contribution is 2.20. The molecule has 0 spiro atoms. The quantitative estimate of drug-likeness (QED) is 0.757. The second-order valence-electron chi connectivity index (χ2n) is 6.87. The molecule has 2 aromatic carbocycles. The molecule has 1 fully saturated rings. The number of fused-ring (bicyclic) bond motifs is 1. The van der Waals surface area contributed by atoms with Gasteiger partial charge in [-0.1, -0.05) is 36.4 Å². The molecular formula is C21H29ClN2O3.